The fourth-order valence-corrected chi connectivity index (χ4v) is 1.34. The van der Waals surface area contributed by atoms with Crippen LogP contribution in [0.1, 0.15) is 0 Å². The highest BCUT2D eigenvalue weighted by atomic mass is 19.4. The van der Waals surface area contributed by atoms with E-state index < -0.39 is 25.4 Å². The number of nitrogens with zero attached hydrogens (tertiary/aromatic N) is 1. The van der Waals surface area contributed by atoms with Gasteiger partial charge in [-0.3, -0.25) is 4.90 Å². The topological polar surface area (TPSA) is 62.2 Å². The first kappa shape index (κ1) is 17.6. The second-order valence-electron chi connectivity index (χ2n) is 3.80. The highest BCUT2D eigenvalue weighted by molar-refractivity contribution is 4.67. The summed E-state index contributed by atoms with van der Waals surface area (Å²) in [7, 11) is 1.49. The summed E-state index contributed by atoms with van der Waals surface area (Å²) >= 11 is 0. The van der Waals surface area contributed by atoms with Crippen molar-refractivity contribution in [3.63, 3.8) is 0 Å². The van der Waals surface area contributed by atoms with Crippen LogP contribution in [0.3, 0.4) is 0 Å². The summed E-state index contributed by atoms with van der Waals surface area (Å²) in [6.45, 7) is -1.34. The van der Waals surface area contributed by atoms with Crippen molar-refractivity contribution >= 4 is 0 Å². The molecule has 0 radical (unpaired) electrons. The van der Waals surface area contributed by atoms with Crippen molar-refractivity contribution < 1.29 is 32.9 Å². The smallest absolute Gasteiger partial charge is 0.395 e. The van der Waals surface area contributed by atoms with E-state index in [1.54, 1.807) is 0 Å². The second kappa shape index (κ2) is 9.51. The van der Waals surface area contributed by atoms with Crippen LogP contribution >= 0.6 is 0 Å². The highest BCUT2D eigenvalue weighted by Gasteiger charge is 2.31. The van der Waals surface area contributed by atoms with Gasteiger partial charge in [-0.05, 0) is 0 Å². The van der Waals surface area contributed by atoms with E-state index in [-0.39, 0.29) is 26.3 Å². The Labute approximate surface area is 104 Å². The largest absolute Gasteiger partial charge is 0.401 e. The Bertz CT molecular complexity index is 204. The molecule has 18 heavy (non-hydrogen) atoms. The third-order valence-electron chi connectivity index (χ3n) is 2.03. The van der Waals surface area contributed by atoms with Crippen molar-refractivity contribution in [1.82, 2.24) is 4.90 Å². The van der Waals surface area contributed by atoms with Gasteiger partial charge >= 0.3 is 6.18 Å². The first-order valence-electron chi connectivity index (χ1n) is 5.53. The Hall–Kier alpha value is -0.410. The number of halogens is 3. The van der Waals surface area contributed by atoms with Gasteiger partial charge in [0.2, 0.25) is 0 Å². The van der Waals surface area contributed by atoms with Gasteiger partial charge < -0.3 is 19.7 Å². The number of ether oxygens (including phenoxy) is 2. The SMILES string of the molecule is COCCOCC(O)CN(CCO)CC(F)(F)F. The molecule has 0 heterocycles. The van der Waals surface area contributed by atoms with Crippen molar-refractivity contribution in [2.24, 2.45) is 0 Å². The molecule has 0 fully saturated rings. The van der Waals surface area contributed by atoms with E-state index in [0.29, 0.717) is 6.61 Å². The van der Waals surface area contributed by atoms with Crippen LogP contribution in [-0.4, -0.2) is 80.6 Å². The van der Waals surface area contributed by atoms with Gasteiger partial charge in [-0.25, -0.2) is 0 Å². The van der Waals surface area contributed by atoms with Gasteiger partial charge in [0.25, 0.3) is 0 Å². The summed E-state index contributed by atoms with van der Waals surface area (Å²) in [6, 6.07) is 0. The number of hydrogen-bond donors (Lipinski definition) is 2. The van der Waals surface area contributed by atoms with Crippen LogP contribution in [0.25, 0.3) is 0 Å². The van der Waals surface area contributed by atoms with E-state index in [0.717, 1.165) is 4.90 Å². The van der Waals surface area contributed by atoms with Crippen molar-refractivity contribution in [1.29, 1.82) is 0 Å². The minimum absolute atomic E-state index is 0.0663. The minimum Gasteiger partial charge on any atom is -0.395 e. The third-order valence-corrected chi connectivity index (χ3v) is 2.03. The predicted molar refractivity (Wildman–Crippen MR) is 58.3 cm³/mol. The number of alkyl halides is 3. The van der Waals surface area contributed by atoms with Crippen LogP contribution in [0.4, 0.5) is 13.2 Å². The molecule has 0 aliphatic carbocycles. The van der Waals surface area contributed by atoms with Gasteiger partial charge in [-0.15, -0.1) is 0 Å². The molecule has 0 aliphatic rings. The number of methoxy groups -OCH3 is 1. The van der Waals surface area contributed by atoms with Gasteiger partial charge in [0.05, 0.1) is 39.1 Å². The summed E-state index contributed by atoms with van der Waals surface area (Å²) in [5.41, 5.74) is 0. The molecule has 0 aliphatic heterocycles. The van der Waals surface area contributed by atoms with Crippen molar-refractivity contribution in [2.45, 2.75) is 12.3 Å². The van der Waals surface area contributed by atoms with Crippen LogP contribution in [0.2, 0.25) is 0 Å². The normalized spacial score (nSPS) is 14.2. The van der Waals surface area contributed by atoms with Crippen LogP contribution < -0.4 is 0 Å². The van der Waals surface area contributed by atoms with Crippen molar-refractivity contribution in [3.05, 3.63) is 0 Å². The average Bonchev–Trinajstić information content (AvgIpc) is 2.22. The monoisotopic (exact) mass is 275 g/mol. The highest BCUT2D eigenvalue weighted by Crippen LogP contribution is 2.16. The summed E-state index contributed by atoms with van der Waals surface area (Å²) in [5, 5.41) is 18.1. The fraction of sp³-hybridized carbons (Fsp3) is 1.00. The standard InChI is InChI=1S/C10H20F3NO4/c1-17-4-5-18-7-9(16)6-14(2-3-15)8-10(11,12)13/h9,15-16H,2-8H2,1H3. The summed E-state index contributed by atoms with van der Waals surface area (Å²) in [4.78, 5) is 0.935. The Morgan fingerprint density at radius 1 is 1.28 bits per heavy atom. The van der Waals surface area contributed by atoms with Gasteiger partial charge in [-0.2, -0.15) is 13.2 Å². The van der Waals surface area contributed by atoms with E-state index in [1.165, 1.54) is 7.11 Å². The Kier molecular flexibility index (Phi) is 9.29. The number of rotatable bonds is 10. The number of aliphatic hydroxyl groups excluding tert-OH is 2. The van der Waals surface area contributed by atoms with Gasteiger partial charge in [0, 0.05) is 20.2 Å². The Balaban J connectivity index is 3.91. The molecule has 0 aromatic carbocycles. The van der Waals surface area contributed by atoms with E-state index >= 15 is 0 Å². The first-order valence-corrected chi connectivity index (χ1v) is 5.53. The average molecular weight is 275 g/mol. The lowest BCUT2D eigenvalue weighted by atomic mass is 10.3. The lowest BCUT2D eigenvalue weighted by molar-refractivity contribution is -0.150. The van der Waals surface area contributed by atoms with Gasteiger partial charge in [0.1, 0.15) is 0 Å². The molecule has 110 valence electrons. The molecule has 0 aromatic rings. The molecule has 0 saturated carbocycles. The van der Waals surface area contributed by atoms with Gasteiger partial charge in [-0.1, -0.05) is 0 Å². The summed E-state index contributed by atoms with van der Waals surface area (Å²) in [5.74, 6) is 0. The Morgan fingerprint density at radius 3 is 2.44 bits per heavy atom. The molecule has 1 atom stereocenters. The fourth-order valence-electron chi connectivity index (χ4n) is 1.34. The lowest BCUT2D eigenvalue weighted by Crippen LogP contribution is -2.42. The van der Waals surface area contributed by atoms with Crippen molar-refractivity contribution in [3.8, 4) is 0 Å². The molecule has 0 amide bonds. The predicted octanol–water partition coefficient (Wildman–Crippen LogP) is -0.133. The number of aliphatic hydroxyl groups is 2. The zero-order valence-corrected chi connectivity index (χ0v) is 10.3. The molecular formula is C10H20F3NO4. The van der Waals surface area contributed by atoms with Crippen LogP contribution in [0.5, 0.6) is 0 Å². The van der Waals surface area contributed by atoms with E-state index in [2.05, 4.69) is 0 Å². The summed E-state index contributed by atoms with van der Waals surface area (Å²) < 4.78 is 46.2. The quantitative estimate of drug-likeness (QED) is 0.544. The zero-order chi connectivity index (χ0) is 14.0. The van der Waals surface area contributed by atoms with E-state index in [4.69, 9.17) is 14.6 Å². The maximum atomic E-state index is 12.2. The molecule has 2 N–H and O–H groups in total. The third kappa shape index (κ3) is 10.7. The Morgan fingerprint density at radius 2 is 1.94 bits per heavy atom. The van der Waals surface area contributed by atoms with Crippen LogP contribution in [0, 0.1) is 0 Å². The van der Waals surface area contributed by atoms with Crippen LogP contribution in [-0.2, 0) is 9.47 Å². The summed E-state index contributed by atoms with van der Waals surface area (Å²) in [6.07, 6.45) is -5.39. The molecule has 5 nitrogen and oxygen atoms in total. The molecule has 0 saturated heterocycles. The maximum Gasteiger partial charge on any atom is 0.401 e. The van der Waals surface area contributed by atoms with Crippen LogP contribution in [0.15, 0.2) is 0 Å². The molecule has 0 rings (SSSR count). The van der Waals surface area contributed by atoms with Crippen molar-refractivity contribution in [2.75, 3.05) is 53.2 Å². The molecule has 1 unspecified atom stereocenters. The lowest BCUT2D eigenvalue weighted by Gasteiger charge is -2.25. The second-order valence-corrected chi connectivity index (χ2v) is 3.80. The first-order chi connectivity index (χ1) is 8.39. The minimum atomic E-state index is -4.36. The number of hydrogen-bond acceptors (Lipinski definition) is 5. The van der Waals surface area contributed by atoms with E-state index in [1.807, 2.05) is 0 Å². The molecule has 8 heteroatoms. The molecular weight excluding hydrogens is 255 g/mol. The maximum absolute atomic E-state index is 12.2. The zero-order valence-electron chi connectivity index (χ0n) is 10.3. The van der Waals surface area contributed by atoms with E-state index in [9.17, 15) is 18.3 Å². The molecule has 0 spiro atoms. The molecule has 0 bridgehead atoms. The van der Waals surface area contributed by atoms with Gasteiger partial charge in [0.15, 0.2) is 0 Å². The molecule has 0 aromatic heterocycles.